The van der Waals surface area contributed by atoms with Gasteiger partial charge in [-0.15, -0.1) is 0 Å². The number of hydrogen-bond donors (Lipinski definition) is 2. The molecule has 3 aromatic rings. The SMILES string of the molecule is CC[C@H](CC(=O)O)c1ccc(-c2cnn(C)c2)c(Nc2ccc(F)cc2)c1. The number of aromatic nitrogens is 2. The van der Waals surface area contributed by atoms with Gasteiger partial charge in [0.25, 0.3) is 0 Å². The first-order chi connectivity index (χ1) is 13.0. The molecule has 0 aliphatic carbocycles. The molecule has 0 radical (unpaired) electrons. The normalized spacial score (nSPS) is 12.0. The Morgan fingerprint density at radius 3 is 2.59 bits per heavy atom. The summed E-state index contributed by atoms with van der Waals surface area (Å²) in [5.41, 5.74) is 4.43. The van der Waals surface area contributed by atoms with Crippen LogP contribution < -0.4 is 5.32 Å². The molecule has 0 aliphatic heterocycles. The van der Waals surface area contributed by atoms with Crippen molar-refractivity contribution in [3.05, 3.63) is 66.2 Å². The Bertz CT molecular complexity index is 935. The molecule has 6 heteroatoms. The van der Waals surface area contributed by atoms with Gasteiger partial charge in [0.2, 0.25) is 0 Å². The Morgan fingerprint density at radius 2 is 2.00 bits per heavy atom. The van der Waals surface area contributed by atoms with Crippen molar-refractivity contribution in [2.24, 2.45) is 7.05 Å². The number of hydrogen-bond acceptors (Lipinski definition) is 3. The summed E-state index contributed by atoms with van der Waals surface area (Å²) in [4.78, 5) is 11.2. The molecule has 0 unspecified atom stereocenters. The average Bonchev–Trinajstić information content (AvgIpc) is 3.07. The van der Waals surface area contributed by atoms with E-state index in [2.05, 4.69) is 10.4 Å². The van der Waals surface area contributed by atoms with Crippen molar-refractivity contribution in [3.63, 3.8) is 0 Å². The van der Waals surface area contributed by atoms with Crippen LogP contribution in [-0.4, -0.2) is 20.9 Å². The number of carboxylic acids is 1. The Labute approximate surface area is 157 Å². The van der Waals surface area contributed by atoms with Gasteiger partial charge in [0.1, 0.15) is 5.82 Å². The fourth-order valence-electron chi connectivity index (χ4n) is 3.13. The predicted octanol–water partition coefficient (Wildman–Crippen LogP) is 4.94. The highest BCUT2D eigenvalue weighted by Gasteiger charge is 2.16. The molecule has 1 aromatic heterocycles. The van der Waals surface area contributed by atoms with E-state index < -0.39 is 5.97 Å². The van der Waals surface area contributed by atoms with Crippen LogP contribution >= 0.6 is 0 Å². The summed E-state index contributed by atoms with van der Waals surface area (Å²) in [5.74, 6) is -1.18. The van der Waals surface area contributed by atoms with Gasteiger partial charge in [0.15, 0.2) is 0 Å². The largest absolute Gasteiger partial charge is 0.481 e. The molecular weight excluding hydrogens is 345 g/mol. The molecular formula is C21H22FN3O2. The molecule has 0 fully saturated rings. The fourth-order valence-corrected chi connectivity index (χ4v) is 3.13. The van der Waals surface area contributed by atoms with Crippen LogP contribution in [0.3, 0.4) is 0 Å². The van der Waals surface area contributed by atoms with E-state index in [-0.39, 0.29) is 18.2 Å². The lowest BCUT2D eigenvalue weighted by molar-refractivity contribution is -0.137. The van der Waals surface area contributed by atoms with Crippen LogP contribution in [0.1, 0.15) is 31.2 Å². The molecule has 3 rings (SSSR count). The number of anilines is 2. The molecule has 2 N–H and O–H groups in total. The monoisotopic (exact) mass is 367 g/mol. The van der Waals surface area contributed by atoms with E-state index in [0.29, 0.717) is 0 Å². The first-order valence-corrected chi connectivity index (χ1v) is 8.83. The van der Waals surface area contributed by atoms with Gasteiger partial charge in [-0.1, -0.05) is 19.1 Å². The molecule has 0 saturated carbocycles. The van der Waals surface area contributed by atoms with Gasteiger partial charge < -0.3 is 10.4 Å². The van der Waals surface area contributed by atoms with Gasteiger partial charge >= 0.3 is 5.97 Å². The summed E-state index contributed by atoms with van der Waals surface area (Å²) in [7, 11) is 1.85. The summed E-state index contributed by atoms with van der Waals surface area (Å²) in [5, 5.41) is 16.7. The van der Waals surface area contributed by atoms with Crippen LogP contribution in [0.5, 0.6) is 0 Å². The van der Waals surface area contributed by atoms with Crippen molar-refractivity contribution in [3.8, 4) is 11.1 Å². The molecule has 5 nitrogen and oxygen atoms in total. The topological polar surface area (TPSA) is 67.1 Å². The summed E-state index contributed by atoms with van der Waals surface area (Å²) < 4.78 is 14.9. The lowest BCUT2D eigenvalue weighted by Crippen LogP contribution is -2.06. The molecule has 0 aliphatic rings. The summed E-state index contributed by atoms with van der Waals surface area (Å²) in [6, 6.07) is 12.1. The fraction of sp³-hybridized carbons (Fsp3) is 0.238. The first kappa shape index (κ1) is 18.6. The Hall–Kier alpha value is -3.15. The number of carboxylic acid groups (broad SMARTS) is 1. The van der Waals surface area contributed by atoms with Crippen LogP contribution in [0.2, 0.25) is 0 Å². The van der Waals surface area contributed by atoms with Gasteiger partial charge in [-0.3, -0.25) is 9.48 Å². The van der Waals surface area contributed by atoms with Crippen molar-refractivity contribution in [1.29, 1.82) is 0 Å². The second-order valence-corrected chi connectivity index (χ2v) is 6.54. The molecule has 0 amide bonds. The number of carbonyl (C=O) groups is 1. The molecule has 0 bridgehead atoms. The average molecular weight is 367 g/mol. The standard InChI is InChI=1S/C21H22FN3O2/c1-3-14(11-21(26)27)15-4-9-19(16-12-23-25(2)13-16)20(10-15)24-18-7-5-17(22)6-8-18/h4-10,12-14,24H,3,11H2,1-2H3,(H,26,27)/t14-/m1/s1. The van der Waals surface area contributed by atoms with E-state index in [1.54, 1.807) is 23.0 Å². The van der Waals surface area contributed by atoms with E-state index >= 15 is 0 Å². The molecule has 0 spiro atoms. The predicted molar refractivity (Wildman–Crippen MR) is 104 cm³/mol. The van der Waals surface area contributed by atoms with Crippen LogP contribution in [0.25, 0.3) is 11.1 Å². The van der Waals surface area contributed by atoms with Crippen molar-refractivity contribution < 1.29 is 14.3 Å². The lowest BCUT2D eigenvalue weighted by Gasteiger charge is -2.18. The molecule has 1 heterocycles. The van der Waals surface area contributed by atoms with E-state index in [0.717, 1.165) is 34.5 Å². The van der Waals surface area contributed by atoms with Gasteiger partial charge in [-0.05, 0) is 48.2 Å². The van der Waals surface area contributed by atoms with Crippen LogP contribution in [0.4, 0.5) is 15.8 Å². The third-order valence-electron chi connectivity index (χ3n) is 4.57. The number of nitrogens with one attached hydrogen (secondary N) is 1. The van der Waals surface area contributed by atoms with Crippen molar-refractivity contribution in [2.75, 3.05) is 5.32 Å². The number of benzene rings is 2. The van der Waals surface area contributed by atoms with Crippen molar-refractivity contribution in [1.82, 2.24) is 9.78 Å². The number of aryl methyl sites for hydroxylation is 1. The van der Waals surface area contributed by atoms with Crippen molar-refractivity contribution in [2.45, 2.75) is 25.7 Å². The number of aliphatic carboxylic acids is 1. The zero-order chi connectivity index (χ0) is 19.4. The maximum absolute atomic E-state index is 13.2. The lowest BCUT2D eigenvalue weighted by atomic mass is 9.91. The second kappa shape index (κ2) is 8.03. The Balaban J connectivity index is 2.02. The number of halogens is 1. The molecule has 1 atom stereocenters. The highest BCUT2D eigenvalue weighted by atomic mass is 19.1. The molecule has 140 valence electrons. The maximum atomic E-state index is 13.2. The highest BCUT2D eigenvalue weighted by molar-refractivity contribution is 5.81. The minimum absolute atomic E-state index is 0.0702. The maximum Gasteiger partial charge on any atom is 0.303 e. The van der Waals surface area contributed by atoms with Crippen molar-refractivity contribution >= 4 is 17.3 Å². The molecule has 2 aromatic carbocycles. The van der Waals surface area contributed by atoms with Gasteiger partial charge in [0.05, 0.1) is 12.6 Å². The minimum Gasteiger partial charge on any atom is -0.481 e. The van der Waals surface area contributed by atoms with Crippen LogP contribution in [0, 0.1) is 5.82 Å². The second-order valence-electron chi connectivity index (χ2n) is 6.54. The van der Waals surface area contributed by atoms with Gasteiger partial charge in [0, 0.05) is 35.7 Å². The minimum atomic E-state index is -0.814. The van der Waals surface area contributed by atoms with Gasteiger partial charge in [-0.2, -0.15) is 5.10 Å². The summed E-state index contributed by atoms with van der Waals surface area (Å²) >= 11 is 0. The van der Waals surface area contributed by atoms with Crippen LogP contribution in [0.15, 0.2) is 54.9 Å². The smallest absolute Gasteiger partial charge is 0.303 e. The van der Waals surface area contributed by atoms with E-state index in [1.807, 2.05) is 38.4 Å². The highest BCUT2D eigenvalue weighted by Crippen LogP contribution is 2.34. The number of rotatable bonds is 7. The molecule has 0 saturated heterocycles. The first-order valence-electron chi connectivity index (χ1n) is 8.83. The summed E-state index contributed by atoms with van der Waals surface area (Å²) in [6.45, 7) is 1.98. The zero-order valence-corrected chi connectivity index (χ0v) is 15.3. The molecule has 27 heavy (non-hydrogen) atoms. The Kier molecular flexibility index (Phi) is 5.54. The van der Waals surface area contributed by atoms with Gasteiger partial charge in [-0.25, -0.2) is 4.39 Å². The van der Waals surface area contributed by atoms with Crippen LogP contribution in [-0.2, 0) is 11.8 Å². The van der Waals surface area contributed by atoms with E-state index in [4.69, 9.17) is 0 Å². The quantitative estimate of drug-likeness (QED) is 0.621. The number of nitrogens with zero attached hydrogens (tertiary/aromatic N) is 2. The third-order valence-corrected chi connectivity index (χ3v) is 4.57. The third kappa shape index (κ3) is 4.53. The van der Waals surface area contributed by atoms with E-state index in [1.165, 1.54) is 12.1 Å². The van der Waals surface area contributed by atoms with E-state index in [9.17, 15) is 14.3 Å². The Morgan fingerprint density at radius 1 is 1.26 bits per heavy atom. The zero-order valence-electron chi connectivity index (χ0n) is 15.3. The summed E-state index contributed by atoms with van der Waals surface area (Å²) in [6.07, 6.45) is 4.51.